The Bertz CT molecular complexity index is 178. The third-order valence-electron chi connectivity index (χ3n) is 1.19. The Labute approximate surface area is 74.7 Å². The van der Waals surface area contributed by atoms with Crippen molar-refractivity contribution >= 4 is 11.9 Å². The molecule has 0 bridgehead atoms. The van der Waals surface area contributed by atoms with Crippen LogP contribution in [0.15, 0.2) is 0 Å². The Hall–Kier alpha value is -1.14. The number of hydrogen-bond acceptors (Lipinski definition) is 5. The number of aliphatic hydroxyl groups excluding tert-OH is 2. The predicted molar refractivity (Wildman–Crippen MR) is 40.9 cm³/mol. The number of carbonyl (C=O) groups is 2. The quantitative estimate of drug-likeness (QED) is 0.454. The van der Waals surface area contributed by atoms with E-state index in [9.17, 15) is 9.59 Å². The van der Waals surface area contributed by atoms with Crippen LogP contribution in [0.2, 0.25) is 0 Å². The van der Waals surface area contributed by atoms with Gasteiger partial charge in [0.15, 0.2) is 0 Å². The summed E-state index contributed by atoms with van der Waals surface area (Å²) < 4.78 is 4.43. The first-order valence-corrected chi connectivity index (χ1v) is 3.72. The highest BCUT2D eigenvalue weighted by Gasteiger charge is 2.09. The van der Waals surface area contributed by atoms with E-state index >= 15 is 0 Å². The summed E-state index contributed by atoms with van der Waals surface area (Å²) in [5.41, 5.74) is 0. The number of carboxylic acid groups (broad SMARTS) is 1. The Morgan fingerprint density at radius 3 is 2.38 bits per heavy atom. The third kappa shape index (κ3) is 7.23. The lowest BCUT2D eigenvalue weighted by Gasteiger charge is -2.07. The number of carboxylic acids is 1. The van der Waals surface area contributed by atoms with Crippen molar-refractivity contribution in [2.24, 2.45) is 0 Å². The molecule has 0 aromatic heterocycles. The van der Waals surface area contributed by atoms with Gasteiger partial charge in [0.2, 0.25) is 0 Å². The van der Waals surface area contributed by atoms with Crippen LogP contribution in [0.3, 0.4) is 0 Å². The van der Waals surface area contributed by atoms with E-state index in [2.05, 4.69) is 4.74 Å². The van der Waals surface area contributed by atoms with Crippen molar-refractivity contribution in [1.29, 1.82) is 0 Å². The van der Waals surface area contributed by atoms with Crippen molar-refractivity contribution < 1.29 is 29.6 Å². The molecule has 0 amide bonds. The lowest BCUT2D eigenvalue weighted by atomic mass is 10.3. The highest BCUT2D eigenvalue weighted by atomic mass is 16.5. The van der Waals surface area contributed by atoms with Crippen LogP contribution in [0.5, 0.6) is 0 Å². The molecule has 0 aromatic rings. The average Bonchev–Trinajstić information content (AvgIpc) is 2.10. The van der Waals surface area contributed by atoms with Gasteiger partial charge in [-0.3, -0.25) is 9.59 Å². The van der Waals surface area contributed by atoms with Gasteiger partial charge in [-0.05, 0) is 0 Å². The van der Waals surface area contributed by atoms with Gasteiger partial charge in [0.1, 0.15) is 12.7 Å². The zero-order valence-corrected chi connectivity index (χ0v) is 6.97. The van der Waals surface area contributed by atoms with E-state index in [1.165, 1.54) is 0 Å². The number of aliphatic carboxylic acids is 1. The SMILES string of the molecule is O=C(O)CCC(=O)OC[C@@H](O)CO. The van der Waals surface area contributed by atoms with Crippen molar-refractivity contribution in [2.75, 3.05) is 13.2 Å². The summed E-state index contributed by atoms with van der Waals surface area (Å²) in [5.74, 6) is -1.78. The van der Waals surface area contributed by atoms with Gasteiger partial charge in [0.25, 0.3) is 0 Å². The third-order valence-corrected chi connectivity index (χ3v) is 1.19. The largest absolute Gasteiger partial charge is 0.481 e. The molecule has 0 saturated carbocycles. The molecule has 0 aromatic carbocycles. The smallest absolute Gasteiger partial charge is 0.306 e. The number of esters is 1. The van der Waals surface area contributed by atoms with E-state index in [0.717, 1.165) is 0 Å². The second-order valence-corrected chi connectivity index (χ2v) is 2.41. The first-order valence-electron chi connectivity index (χ1n) is 3.72. The van der Waals surface area contributed by atoms with Gasteiger partial charge in [-0.2, -0.15) is 0 Å². The highest BCUT2D eigenvalue weighted by Crippen LogP contribution is 1.94. The molecule has 76 valence electrons. The summed E-state index contributed by atoms with van der Waals surface area (Å²) in [6.07, 6.45) is -1.63. The maximum Gasteiger partial charge on any atom is 0.306 e. The Balaban J connectivity index is 3.46. The second kappa shape index (κ2) is 6.38. The molecule has 0 fully saturated rings. The Morgan fingerprint density at radius 2 is 1.92 bits per heavy atom. The molecule has 0 aliphatic heterocycles. The van der Waals surface area contributed by atoms with Crippen LogP contribution in [0, 0.1) is 0 Å². The summed E-state index contributed by atoms with van der Waals surface area (Å²) in [7, 11) is 0. The van der Waals surface area contributed by atoms with E-state index in [1.807, 2.05) is 0 Å². The fraction of sp³-hybridized carbons (Fsp3) is 0.714. The molecule has 0 aliphatic carbocycles. The van der Waals surface area contributed by atoms with Gasteiger partial charge in [-0.25, -0.2) is 0 Å². The van der Waals surface area contributed by atoms with Crippen molar-refractivity contribution in [3.8, 4) is 0 Å². The molecular formula is C7H12O6. The fourth-order valence-electron chi connectivity index (χ4n) is 0.523. The summed E-state index contributed by atoms with van der Waals surface area (Å²) >= 11 is 0. The van der Waals surface area contributed by atoms with E-state index in [1.54, 1.807) is 0 Å². The molecule has 3 N–H and O–H groups in total. The topological polar surface area (TPSA) is 104 Å². The van der Waals surface area contributed by atoms with Gasteiger partial charge in [0, 0.05) is 0 Å². The minimum atomic E-state index is -1.10. The number of hydrogen-bond donors (Lipinski definition) is 3. The minimum absolute atomic E-state index is 0.229. The zero-order valence-electron chi connectivity index (χ0n) is 6.97. The molecule has 6 heteroatoms. The van der Waals surface area contributed by atoms with Gasteiger partial charge in [0.05, 0.1) is 19.4 Å². The number of ether oxygens (including phenoxy) is 1. The van der Waals surface area contributed by atoms with Crippen molar-refractivity contribution in [2.45, 2.75) is 18.9 Å². The standard InChI is InChI=1S/C7H12O6/c8-3-5(9)4-13-7(12)2-1-6(10)11/h5,8-9H,1-4H2,(H,10,11)/t5-/m0/s1. The maximum atomic E-state index is 10.7. The van der Waals surface area contributed by atoms with E-state index < -0.39 is 24.6 Å². The summed E-state index contributed by atoms with van der Waals surface area (Å²) in [4.78, 5) is 20.7. The van der Waals surface area contributed by atoms with Gasteiger partial charge in [-0.15, -0.1) is 0 Å². The van der Waals surface area contributed by atoms with Gasteiger partial charge < -0.3 is 20.1 Å². The van der Waals surface area contributed by atoms with Crippen LogP contribution < -0.4 is 0 Å². The van der Waals surface area contributed by atoms with Crippen molar-refractivity contribution in [1.82, 2.24) is 0 Å². The summed E-state index contributed by atoms with van der Waals surface area (Å²) in [6.45, 7) is -0.804. The van der Waals surface area contributed by atoms with Crippen LogP contribution in [0.1, 0.15) is 12.8 Å². The highest BCUT2D eigenvalue weighted by molar-refractivity contribution is 5.76. The molecule has 0 saturated heterocycles. The van der Waals surface area contributed by atoms with Gasteiger partial charge >= 0.3 is 11.9 Å². The molecule has 6 nitrogen and oxygen atoms in total. The van der Waals surface area contributed by atoms with Crippen LogP contribution in [0.25, 0.3) is 0 Å². The normalized spacial score (nSPS) is 12.2. The van der Waals surface area contributed by atoms with E-state index in [0.29, 0.717) is 0 Å². The number of carbonyl (C=O) groups excluding carboxylic acids is 1. The molecule has 13 heavy (non-hydrogen) atoms. The molecule has 0 radical (unpaired) electrons. The summed E-state index contributed by atoms with van der Waals surface area (Å²) in [6, 6.07) is 0. The maximum absolute atomic E-state index is 10.7. The molecule has 0 rings (SSSR count). The molecule has 1 atom stereocenters. The second-order valence-electron chi connectivity index (χ2n) is 2.41. The van der Waals surface area contributed by atoms with Gasteiger partial charge in [-0.1, -0.05) is 0 Å². The Kier molecular flexibility index (Phi) is 5.82. The molecule has 0 unspecified atom stereocenters. The average molecular weight is 192 g/mol. The van der Waals surface area contributed by atoms with Crippen molar-refractivity contribution in [3.63, 3.8) is 0 Å². The predicted octanol–water partition coefficient (Wildman–Crippen LogP) is -1.25. The molecular weight excluding hydrogens is 180 g/mol. The first-order chi connectivity index (χ1) is 6.06. The van der Waals surface area contributed by atoms with E-state index in [-0.39, 0.29) is 19.4 Å². The Morgan fingerprint density at radius 1 is 1.31 bits per heavy atom. The molecule has 0 spiro atoms. The van der Waals surface area contributed by atoms with Crippen molar-refractivity contribution in [3.05, 3.63) is 0 Å². The number of aliphatic hydroxyl groups is 2. The molecule has 0 aliphatic rings. The summed E-state index contributed by atoms with van der Waals surface area (Å²) in [5, 5.41) is 25.3. The minimum Gasteiger partial charge on any atom is -0.481 e. The number of rotatable bonds is 6. The van der Waals surface area contributed by atoms with Crippen LogP contribution in [-0.2, 0) is 14.3 Å². The van der Waals surface area contributed by atoms with Crippen LogP contribution in [0.4, 0.5) is 0 Å². The lowest BCUT2D eigenvalue weighted by molar-refractivity contribution is -0.150. The zero-order chi connectivity index (χ0) is 10.3. The van der Waals surface area contributed by atoms with Crippen LogP contribution in [-0.4, -0.2) is 46.6 Å². The van der Waals surface area contributed by atoms with E-state index in [4.69, 9.17) is 15.3 Å². The monoisotopic (exact) mass is 192 g/mol. The first kappa shape index (κ1) is 11.9. The molecule has 0 heterocycles. The fourth-order valence-corrected chi connectivity index (χ4v) is 0.523. The van der Waals surface area contributed by atoms with Crippen LogP contribution >= 0.6 is 0 Å². The lowest BCUT2D eigenvalue weighted by Crippen LogP contribution is -2.22.